The van der Waals surface area contributed by atoms with Crippen LogP contribution in [0.15, 0.2) is 0 Å². The van der Waals surface area contributed by atoms with E-state index in [1.165, 1.54) is 0 Å². The molecule has 0 amide bonds. The summed E-state index contributed by atoms with van der Waals surface area (Å²) in [5, 5.41) is 30.7. The summed E-state index contributed by atoms with van der Waals surface area (Å²) < 4.78 is 78.0. The number of hydrogen-bond donors (Lipinski definition) is 3. The van der Waals surface area contributed by atoms with Crippen LogP contribution in [0.4, 0.5) is 13.2 Å². The van der Waals surface area contributed by atoms with Crippen molar-refractivity contribution < 1.29 is 50.6 Å². The molecule has 168 valence electrons. The molecule has 12 heteroatoms. The highest BCUT2D eigenvalue weighted by Crippen LogP contribution is 2.73. The monoisotopic (exact) mass is 446 g/mol. The Morgan fingerprint density at radius 2 is 1.59 bits per heavy atom. The minimum atomic E-state index is -6.08. The van der Waals surface area contributed by atoms with Gasteiger partial charge in [-0.2, -0.15) is 21.6 Å². The zero-order valence-electron chi connectivity index (χ0n) is 16.1. The van der Waals surface area contributed by atoms with E-state index in [4.69, 9.17) is 9.47 Å². The molecular formula is C17H25F3O8S. The summed E-state index contributed by atoms with van der Waals surface area (Å²) in [6.45, 7) is 6.01. The quantitative estimate of drug-likeness (QED) is 0.417. The lowest BCUT2D eigenvalue weighted by Gasteiger charge is -2.45. The van der Waals surface area contributed by atoms with Crippen LogP contribution in [-0.4, -0.2) is 71.7 Å². The molecule has 2 bridgehead atoms. The van der Waals surface area contributed by atoms with Crippen molar-refractivity contribution in [3.05, 3.63) is 0 Å². The number of alkyl halides is 3. The zero-order valence-corrected chi connectivity index (χ0v) is 16.9. The molecule has 1 unspecified atom stereocenters. The normalized spacial score (nSPS) is 51.6. The fourth-order valence-corrected chi connectivity index (χ4v) is 6.38. The lowest BCUT2D eigenvalue weighted by atomic mass is 9.68. The van der Waals surface area contributed by atoms with E-state index in [0.717, 1.165) is 6.42 Å². The van der Waals surface area contributed by atoms with Gasteiger partial charge in [0.05, 0.1) is 0 Å². The Balaban J connectivity index is 1.71. The maximum atomic E-state index is 12.8. The molecular weight excluding hydrogens is 421 g/mol. The van der Waals surface area contributed by atoms with Gasteiger partial charge in [-0.05, 0) is 24.2 Å². The molecule has 4 rings (SSSR count). The summed E-state index contributed by atoms with van der Waals surface area (Å²) in [5.41, 5.74) is -6.52. The van der Waals surface area contributed by atoms with Crippen LogP contribution in [0.5, 0.6) is 0 Å². The molecule has 0 aromatic heterocycles. The smallest absolute Gasteiger partial charge is 0.387 e. The van der Waals surface area contributed by atoms with Gasteiger partial charge >= 0.3 is 15.6 Å². The maximum absolute atomic E-state index is 12.8. The molecule has 1 heterocycles. The molecule has 8 nitrogen and oxygen atoms in total. The number of fused-ring (bicyclic) bond motifs is 4. The molecule has 0 radical (unpaired) electrons. The van der Waals surface area contributed by atoms with Crippen LogP contribution < -0.4 is 0 Å². The van der Waals surface area contributed by atoms with E-state index in [9.17, 15) is 36.9 Å². The second-order valence-corrected chi connectivity index (χ2v) is 10.9. The Labute approximate surface area is 166 Å². The van der Waals surface area contributed by atoms with Crippen LogP contribution in [0.1, 0.15) is 40.0 Å². The molecule has 9 atom stereocenters. The van der Waals surface area contributed by atoms with E-state index in [0.29, 0.717) is 12.8 Å². The van der Waals surface area contributed by atoms with Gasteiger partial charge < -0.3 is 24.8 Å². The fraction of sp³-hybridized carbons (Fsp3) is 1.00. The molecule has 3 N–H and O–H groups in total. The van der Waals surface area contributed by atoms with E-state index in [1.807, 2.05) is 20.8 Å². The summed E-state index contributed by atoms with van der Waals surface area (Å²) in [6.07, 6.45) is -8.71. The third kappa shape index (κ3) is 2.63. The summed E-state index contributed by atoms with van der Waals surface area (Å²) in [5.74, 6) is -1.10. The highest BCUT2D eigenvalue weighted by atomic mass is 32.2. The maximum Gasteiger partial charge on any atom is 0.523 e. The van der Waals surface area contributed by atoms with Gasteiger partial charge in [0.15, 0.2) is 5.79 Å². The van der Waals surface area contributed by atoms with Gasteiger partial charge in [-0.25, -0.2) is 0 Å². The Hall–Kier alpha value is -0.500. The Kier molecular flexibility index (Phi) is 4.53. The first-order valence-corrected chi connectivity index (χ1v) is 10.9. The van der Waals surface area contributed by atoms with Gasteiger partial charge in [0.1, 0.15) is 36.6 Å². The van der Waals surface area contributed by atoms with Crippen LogP contribution in [0.25, 0.3) is 0 Å². The van der Waals surface area contributed by atoms with E-state index in [1.54, 1.807) is 0 Å². The van der Waals surface area contributed by atoms with Gasteiger partial charge in [-0.15, -0.1) is 0 Å². The topological polar surface area (TPSA) is 123 Å². The van der Waals surface area contributed by atoms with Crippen molar-refractivity contribution in [1.82, 2.24) is 0 Å². The van der Waals surface area contributed by atoms with Crippen molar-refractivity contribution in [2.45, 2.75) is 88.0 Å². The van der Waals surface area contributed by atoms with Crippen molar-refractivity contribution in [3.63, 3.8) is 0 Å². The molecule has 1 spiro atoms. The number of halogens is 3. The number of aliphatic hydroxyl groups is 3. The lowest BCUT2D eigenvalue weighted by molar-refractivity contribution is -0.256. The molecule has 3 saturated carbocycles. The molecule has 29 heavy (non-hydrogen) atoms. The predicted molar refractivity (Wildman–Crippen MR) is 89.6 cm³/mol. The number of ether oxygens (including phenoxy) is 2. The number of hydrogen-bond acceptors (Lipinski definition) is 8. The van der Waals surface area contributed by atoms with Gasteiger partial charge in [-0.3, -0.25) is 4.18 Å². The third-order valence-electron chi connectivity index (χ3n) is 7.99. The van der Waals surface area contributed by atoms with Crippen LogP contribution in [0.2, 0.25) is 0 Å². The molecule has 4 fully saturated rings. The van der Waals surface area contributed by atoms with Crippen molar-refractivity contribution in [2.75, 3.05) is 0 Å². The van der Waals surface area contributed by atoms with Crippen LogP contribution >= 0.6 is 0 Å². The Morgan fingerprint density at radius 3 is 2.07 bits per heavy atom. The summed E-state index contributed by atoms with van der Waals surface area (Å²) in [7, 11) is -6.08. The number of rotatable bonds is 2. The second-order valence-electron chi connectivity index (χ2n) is 9.34. The average molecular weight is 446 g/mol. The Morgan fingerprint density at radius 1 is 1.00 bits per heavy atom. The van der Waals surface area contributed by atoms with Crippen molar-refractivity contribution >= 4 is 10.1 Å². The highest BCUT2D eigenvalue weighted by molar-refractivity contribution is 7.87. The van der Waals surface area contributed by atoms with Gasteiger partial charge in [0.25, 0.3) is 0 Å². The van der Waals surface area contributed by atoms with Crippen LogP contribution in [0, 0.1) is 16.7 Å². The largest absolute Gasteiger partial charge is 0.523 e. The number of aliphatic hydroxyl groups excluding tert-OH is 3. The SMILES string of the molecule is CC1(C)[C@@H]2CC[C@@]1(C)C1(C2)O[C@@H]2[C@H](O1)[C@@H](O)[C@H](O)[C@@H](O)[C@@H]2OS(=O)(=O)C(F)(F)F. The molecule has 0 aromatic carbocycles. The third-order valence-corrected chi connectivity index (χ3v) is 9.03. The van der Waals surface area contributed by atoms with Crippen molar-refractivity contribution in [1.29, 1.82) is 0 Å². The van der Waals surface area contributed by atoms with Crippen molar-refractivity contribution in [2.24, 2.45) is 16.7 Å². The molecule has 1 aliphatic heterocycles. The van der Waals surface area contributed by atoms with E-state index in [-0.39, 0.29) is 11.3 Å². The van der Waals surface area contributed by atoms with Gasteiger partial charge in [0, 0.05) is 11.8 Å². The first-order valence-electron chi connectivity index (χ1n) is 9.47. The zero-order chi connectivity index (χ0) is 21.8. The van der Waals surface area contributed by atoms with Crippen LogP contribution in [0.3, 0.4) is 0 Å². The molecule has 1 saturated heterocycles. The average Bonchev–Trinajstić information content (AvgIpc) is 3.13. The second kappa shape index (κ2) is 6.05. The first-order chi connectivity index (χ1) is 13.1. The summed E-state index contributed by atoms with van der Waals surface area (Å²) >= 11 is 0. The molecule has 4 aliphatic rings. The standard InChI is InChI=1S/C17H25F3O8S/c1-14(2)7-4-5-15(14,3)16(6-7)26-11-9(22)8(21)10(23)12(13(11)27-16)28-29(24,25)17(18,19)20/h7-13,21-23H,4-6H2,1-3H3/t7-,8+,9+,10-,11-,12+,13-,15-,16?/m1/s1. The molecule has 3 aliphatic carbocycles. The summed E-state index contributed by atoms with van der Waals surface area (Å²) in [6, 6.07) is 0. The van der Waals surface area contributed by atoms with E-state index in [2.05, 4.69) is 4.18 Å². The Bertz CT molecular complexity index is 801. The molecule has 0 aromatic rings. The fourth-order valence-electron chi connectivity index (χ4n) is 5.76. The van der Waals surface area contributed by atoms with Gasteiger partial charge in [0.2, 0.25) is 0 Å². The van der Waals surface area contributed by atoms with Gasteiger partial charge in [-0.1, -0.05) is 20.8 Å². The summed E-state index contributed by atoms with van der Waals surface area (Å²) in [4.78, 5) is 0. The minimum absolute atomic E-state index is 0.193. The van der Waals surface area contributed by atoms with Crippen LogP contribution in [-0.2, 0) is 23.8 Å². The van der Waals surface area contributed by atoms with E-state index < -0.39 is 63.5 Å². The van der Waals surface area contributed by atoms with E-state index >= 15 is 0 Å². The highest BCUT2D eigenvalue weighted by Gasteiger charge is 2.76. The predicted octanol–water partition coefficient (Wildman–Crippen LogP) is 0.644. The lowest BCUT2D eigenvalue weighted by Crippen LogP contribution is -2.64. The minimum Gasteiger partial charge on any atom is -0.387 e. The van der Waals surface area contributed by atoms with Crippen molar-refractivity contribution in [3.8, 4) is 0 Å². The first kappa shape index (κ1) is 21.7.